The normalized spacial score (nSPS) is 15.4. The molecule has 0 amide bonds. The van der Waals surface area contributed by atoms with Gasteiger partial charge in [-0.05, 0) is 54.2 Å². The van der Waals surface area contributed by atoms with Gasteiger partial charge in [-0.15, -0.1) is 0 Å². The fourth-order valence-electron chi connectivity index (χ4n) is 3.89. The first-order valence-electron chi connectivity index (χ1n) is 9.80. The summed E-state index contributed by atoms with van der Waals surface area (Å²) < 4.78 is 30.3. The van der Waals surface area contributed by atoms with Crippen molar-refractivity contribution in [3.05, 3.63) is 78.1 Å². The Kier molecular flexibility index (Phi) is 5.48. The second-order valence-corrected chi connectivity index (χ2v) is 9.05. The first kappa shape index (κ1) is 18.7. The monoisotopic (exact) mass is 395 g/mol. The lowest BCUT2D eigenvalue weighted by Crippen LogP contribution is -2.15. The predicted octanol–water partition coefficient (Wildman–Crippen LogP) is 4.78. The van der Waals surface area contributed by atoms with E-state index in [0.717, 1.165) is 5.56 Å². The minimum absolute atomic E-state index is 0.293. The molecule has 1 fully saturated rings. The van der Waals surface area contributed by atoms with Crippen molar-refractivity contribution in [1.29, 1.82) is 0 Å². The van der Waals surface area contributed by atoms with E-state index in [1.165, 1.54) is 37.7 Å². The fraction of sp³-hybridized carbons (Fsp3) is 0.318. The molecule has 2 aromatic carbocycles. The largest absolute Gasteiger partial charge is 0.279 e. The molecule has 1 heterocycles. The van der Waals surface area contributed by atoms with Gasteiger partial charge in [0.2, 0.25) is 0 Å². The van der Waals surface area contributed by atoms with Crippen molar-refractivity contribution in [2.45, 2.75) is 49.5 Å². The molecule has 6 heteroatoms. The van der Waals surface area contributed by atoms with Gasteiger partial charge < -0.3 is 0 Å². The molecule has 1 saturated carbocycles. The Hall–Kier alpha value is -2.60. The van der Waals surface area contributed by atoms with Gasteiger partial charge in [0.1, 0.15) is 0 Å². The van der Waals surface area contributed by atoms with Crippen LogP contribution in [0.4, 0.5) is 5.69 Å². The summed E-state index contributed by atoms with van der Waals surface area (Å²) in [4.78, 5) is 0.293. The van der Waals surface area contributed by atoms with Crippen molar-refractivity contribution >= 4 is 15.7 Å². The van der Waals surface area contributed by atoms with E-state index >= 15 is 0 Å². The van der Waals surface area contributed by atoms with E-state index in [2.05, 4.69) is 9.82 Å². The number of benzene rings is 2. The van der Waals surface area contributed by atoms with E-state index in [0.29, 0.717) is 23.0 Å². The Balaban J connectivity index is 1.53. The molecule has 5 nitrogen and oxygen atoms in total. The quantitative estimate of drug-likeness (QED) is 0.653. The van der Waals surface area contributed by atoms with Crippen LogP contribution in [0.3, 0.4) is 0 Å². The van der Waals surface area contributed by atoms with Crippen molar-refractivity contribution < 1.29 is 8.42 Å². The molecule has 0 aliphatic heterocycles. The third-order valence-corrected chi connectivity index (χ3v) is 6.80. The first-order valence-corrected chi connectivity index (χ1v) is 11.3. The SMILES string of the molecule is O=S(=O)(Nc1ccccc1Cn1cccn1)c1ccc(C2CCCCC2)cc1. The molecular weight excluding hydrogens is 370 g/mol. The molecule has 146 valence electrons. The van der Waals surface area contributed by atoms with Crippen molar-refractivity contribution in [2.75, 3.05) is 4.72 Å². The smallest absolute Gasteiger partial charge is 0.261 e. The summed E-state index contributed by atoms with van der Waals surface area (Å²) in [6.45, 7) is 0.506. The zero-order chi connectivity index (χ0) is 19.4. The van der Waals surface area contributed by atoms with Gasteiger partial charge in [-0.1, -0.05) is 49.6 Å². The molecule has 0 atom stereocenters. The summed E-state index contributed by atoms with van der Waals surface area (Å²) in [7, 11) is -3.64. The maximum absolute atomic E-state index is 12.9. The molecule has 0 spiro atoms. The summed E-state index contributed by atoms with van der Waals surface area (Å²) in [6, 6.07) is 16.7. The number of nitrogens with zero attached hydrogens (tertiary/aromatic N) is 2. The van der Waals surface area contributed by atoms with Crippen LogP contribution < -0.4 is 4.72 Å². The van der Waals surface area contributed by atoms with Crippen LogP contribution in [0.1, 0.15) is 49.1 Å². The van der Waals surface area contributed by atoms with Crippen LogP contribution in [-0.2, 0) is 16.6 Å². The van der Waals surface area contributed by atoms with Gasteiger partial charge in [-0.2, -0.15) is 5.10 Å². The van der Waals surface area contributed by atoms with Crippen molar-refractivity contribution in [2.24, 2.45) is 0 Å². The van der Waals surface area contributed by atoms with Crippen LogP contribution >= 0.6 is 0 Å². The van der Waals surface area contributed by atoms with Crippen LogP contribution in [-0.4, -0.2) is 18.2 Å². The van der Waals surface area contributed by atoms with Crippen LogP contribution in [0.25, 0.3) is 0 Å². The van der Waals surface area contributed by atoms with E-state index in [9.17, 15) is 8.42 Å². The van der Waals surface area contributed by atoms with Crippen LogP contribution in [0.2, 0.25) is 0 Å². The second-order valence-electron chi connectivity index (χ2n) is 7.37. The van der Waals surface area contributed by atoms with Crippen LogP contribution in [0.15, 0.2) is 71.9 Å². The van der Waals surface area contributed by atoms with Gasteiger partial charge in [-0.3, -0.25) is 9.40 Å². The lowest BCUT2D eigenvalue weighted by Gasteiger charge is -2.22. The molecule has 1 aliphatic rings. The highest BCUT2D eigenvalue weighted by Crippen LogP contribution is 2.33. The zero-order valence-electron chi connectivity index (χ0n) is 15.8. The summed E-state index contributed by atoms with van der Waals surface area (Å²) in [5, 5.41) is 4.20. The fourth-order valence-corrected chi connectivity index (χ4v) is 4.99. The summed E-state index contributed by atoms with van der Waals surface area (Å²) >= 11 is 0. The van der Waals surface area contributed by atoms with E-state index in [1.807, 2.05) is 42.6 Å². The number of aromatic nitrogens is 2. The molecule has 0 saturated heterocycles. The molecule has 4 rings (SSSR count). The Bertz CT molecular complexity index is 1010. The van der Waals surface area contributed by atoms with Gasteiger partial charge >= 0.3 is 0 Å². The van der Waals surface area contributed by atoms with E-state index in [4.69, 9.17) is 0 Å². The standard InChI is InChI=1S/C22H25N3O2S/c26-28(27,21-13-11-19(12-14-21)18-7-2-1-3-8-18)24-22-10-5-4-9-20(22)17-25-16-6-15-23-25/h4-6,9-16,18,24H,1-3,7-8,17H2. The number of hydrogen-bond acceptors (Lipinski definition) is 3. The minimum Gasteiger partial charge on any atom is -0.279 e. The van der Waals surface area contributed by atoms with Gasteiger partial charge in [0.05, 0.1) is 17.1 Å². The molecule has 1 aromatic heterocycles. The molecule has 3 aromatic rings. The zero-order valence-corrected chi connectivity index (χ0v) is 16.6. The Morgan fingerprint density at radius 1 is 0.964 bits per heavy atom. The van der Waals surface area contributed by atoms with E-state index in [-0.39, 0.29) is 0 Å². The number of hydrogen-bond donors (Lipinski definition) is 1. The van der Waals surface area contributed by atoms with Gasteiger partial charge in [0, 0.05) is 12.4 Å². The van der Waals surface area contributed by atoms with Gasteiger partial charge in [0.25, 0.3) is 10.0 Å². The maximum atomic E-state index is 12.9. The minimum atomic E-state index is -3.64. The van der Waals surface area contributed by atoms with Gasteiger partial charge in [-0.25, -0.2) is 8.42 Å². The second kappa shape index (κ2) is 8.19. The highest BCUT2D eigenvalue weighted by molar-refractivity contribution is 7.92. The molecule has 0 radical (unpaired) electrons. The molecule has 28 heavy (non-hydrogen) atoms. The summed E-state index contributed by atoms with van der Waals surface area (Å²) in [5.41, 5.74) is 2.70. The van der Waals surface area contributed by atoms with E-state index in [1.54, 1.807) is 29.1 Å². The van der Waals surface area contributed by atoms with Crippen molar-refractivity contribution in [1.82, 2.24) is 9.78 Å². The molecule has 1 aliphatic carbocycles. The number of para-hydroxylation sites is 1. The average molecular weight is 396 g/mol. The lowest BCUT2D eigenvalue weighted by molar-refractivity contribution is 0.443. The van der Waals surface area contributed by atoms with Crippen LogP contribution in [0.5, 0.6) is 0 Å². The summed E-state index contributed by atoms with van der Waals surface area (Å²) in [5.74, 6) is 0.563. The number of nitrogens with one attached hydrogen (secondary N) is 1. The molecule has 0 bridgehead atoms. The number of anilines is 1. The highest BCUT2D eigenvalue weighted by atomic mass is 32.2. The Labute approximate surface area is 166 Å². The number of sulfonamides is 1. The van der Waals surface area contributed by atoms with Crippen LogP contribution in [0, 0.1) is 0 Å². The molecule has 0 unspecified atom stereocenters. The topological polar surface area (TPSA) is 64.0 Å². The summed E-state index contributed by atoms with van der Waals surface area (Å²) in [6.07, 6.45) is 9.80. The van der Waals surface area contributed by atoms with Crippen molar-refractivity contribution in [3.8, 4) is 0 Å². The lowest BCUT2D eigenvalue weighted by atomic mass is 9.84. The van der Waals surface area contributed by atoms with Crippen molar-refractivity contribution in [3.63, 3.8) is 0 Å². The third-order valence-electron chi connectivity index (χ3n) is 5.42. The molecule has 1 N–H and O–H groups in total. The van der Waals surface area contributed by atoms with E-state index < -0.39 is 10.0 Å². The van der Waals surface area contributed by atoms with Gasteiger partial charge in [0.15, 0.2) is 0 Å². The Morgan fingerprint density at radius 3 is 2.43 bits per heavy atom. The maximum Gasteiger partial charge on any atom is 0.261 e. The third kappa shape index (κ3) is 4.28. The first-order chi connectivity index (χ1) is 13.6. The highest BCUT2D eigenvalue weighted by Gasteiger charge is 2.19. The number of rotatable bonds is 6. The predicted molar refractivity (Wildman–Crippen MR) is 111 cm³/mol. The molecular formula is C22H25N3O2S. The Morgan fingerprint density at radius 2 is 1.71 bits per heavy atom. The average Bonchev–Trinajstić information content (AvgIpc) is 3.23.